The standard InChI is InChI=1S/C16H25NO2/c1-5-17(10-13(2)3)11-15(18)12-19-16-9-7-6-8-14(16)4/h6-9,15,18H,2,5,10-12H2,1,3-4H3. The van der Waals surface area contributed by atoms with Gasteiger partial charge in [0.25, 0.3) is 0 Å². The van der Waals surface area contributed by atoms with E-state index in [0.29, 0.717) is 13.2 Å². The number of ether oxygens (including phenoxy) is 1. The summed E-state index contributed by atoms with van der Waals surface area (Å²) < 4.78 is 5.65. The van der Waals surface area contributed by atoms with E-state index < -0.39 is 6.10 Å². The van der Waals surface area contributed by atoms with Crippen LogP contribution >= 0.6 is 0 Å². The van der Waals surface area contributed by atoms with Crippen LogP contribution in [0.25, 0.3) is 0 Å². The van der Waals surface area contributed by atoms with Crippen LogP contribution in [-0.2, 0) is 0 Å². The smallest absolute Gasteiger partial charge is 0.122 e. The Bertz CT molecular complexity index is 403. The van der Waals surface area contributed by atoms with Gasteiger partial charge in [0.2, 0.25) is 0 Å². The van der Waals surface area contributed by atoms with E-state index >= 15 is 0 Å². The van der Waals surface area contributed by atoms with Crippen LogP contribution in [0.1, 0.15) is 19.4 Å². The number of aliphatic hydroxyl groups is 1. The third-order valence-electron chi connectivity index (χ3n) is 2.93. The van der Waals surface area contributed by atoms with Gasteiger partial charge in [-0.2, -0.15) is 0 Å². The lowest BCUT2D eigenvalue weighted by atomic mass is 10.2. The van der Waals surface area contributed by atoms with Gasteiger partial charge in [-0.3, -0.25) is 4.90 Å². The maximum absolute atomic E-state index is 10.0. The Morgan fingerprint density at radius 2 is 2.11 bits per heavy atom. The highest BCUT2D eigenvalue weighted by atomic mass is 16.5. The van der Waals surface area contributed by atoms with Crippen LogP contribution in [0, 0.1) is 6.92 Å². The Balaban J connectivity index is 2.40. The lowest BCUT2D eigenvalue weighted by molar-refractivity contribution is 0.0726. The highest BCUT2D eigenvalue weighted by Crippen LogP contribution is 2.16. The molecule has 0 aliphatic heterocycles. The number of nitrogens with zero attached hydrogens (tertiary/aromatic N) is 1. The molecular weight excluding hydrogens is 238 g/mol. The van der Waals surface area contributed by atoms with E-state index in [-0.39, 0.29) is 0 Å². The van der Waals surface area contributed by atoms with Crippen molar-refractivity contribution in [2.75, 3.05) is 26.2 Å². The molecule has 0 saturated heterocycles. The monoisotopic (exact) mass is 263 g/mol. The van der Waals surface area contributed by atoms with Crippen molar-refractivity contribution in [2.24, 2.45) is 0 Å². The highest BCUT2D eigenvalue weighted by Gasteiger charge is 2.11. The first-order valence-electron chi connectivity index (χ1n) is 6.76. The lowest BCUT2D eigenvalue weighted by Gasteiger charge is -2.23. The topological polar surface area (TPSA) is 32.7 Å². The Morgan fingerprint density at radius 1 is 1.42 bits per heavy atom. The largest absolute Gasteiger partial charge is 0.491 e. The number of para-hydroxylation sites is 1. The van der Waals surface area contributed by atoms with Gasteiger partial charge in [-0.25, -0.2) is 0 Å². The molecule has 1 aromatic carbocycles. The SMILES string of the molecule is C=C(C)CN(CC)CC(O)COc1ccccc1C. The second kappa shape index (κ2) is 7.97. The van der Waals surface area contributed by atoms with Gasteiger partial charge in [0, 0.05) is 13.1 Å². The Kier molecular flexibility index (Phi) is 6.60. The van der Waals surface area contributed by atoms with Crippen LogP contribution in [0.4, 0.5) is 0 Å². The molecule has 3 nitrogen and oxygen atoms in total. The number of hydrogen-bond donors (Lipinski definition) is 1. The molecule has 0 amide bonds. The minimum absolute atomic E-state index is 0.317. The lowest BCUT2D eigenvalue weighted by Crippen LogP contribution is -2.36. The molecule has 0 fully saturated rings. The average Bonchev–Trinajstić information content (AvgIpc) is 2.36. The molecule has 0 saturated carbocycles. The van der Waals surface area contributed by atoms with E-state index in [2.05, 4.69) is 18.4 Å². The van der Waals surface area contributed by atoms with Gasteiger partial charge in [0.15, 0.2) is 0 Å². The summed E-state index contributed by atoms with van der Waals surface area (Å²) in [5, 5.41) is 10.0. The maximum atomic E-state index is 10.0. The van der Waals surface area contributed by atoms with Crippen molar-refractivity contribution in [2.45, 2.75) is 26.9 Å². The van der Waals surface area contributed by atoms with Crippen molar-refractivity contribution >= 4 is 0 Å². The van der Waals surface area contributed by atoms with Crippen LogP contribution in [0.2, 0.25) is 0 Å². The normalized spacial score (nSPS) is 12.5. The molecule has 0 bridgehead atoms. The van der Waals surface area contributed by atoms with E-state index in [1.807, 2.05) is 38.1 Å². The van der Waals surface area contributed by atoms with Crippen LogP contribution in [0.3, 0.4) is 0 Å². The zero-order valence-electron chi connectivity index (χ0n) is 12.2. The van der Waals surface area contributed by atoms with Crippen molar-refractivity contribution in [3.05, 3.63) is 42.0 Å². The van der Waals surface area contributed by atoms with Crippen LogP contribution in [-0.4, -0.2) is 42.4 Å². The van der Waals surface area contributed by atoms with Crippen molar-refractivity contribution in [3.63, 3.8) is 0 Å². The number of hydrogen-bond acceptors (Lipinski definition) is 3. The molecule has 1 unspecified atom stereocenters. The summed E-state index contributed by atoms with van der Waals surface area (Å²) in [5.74, 6) is 0.837. The van der Waals surface area contributed by atoms with E-state index in [4.69, 9.17) is 4.74 Å². The minimum atomic E-state index is -0.487. The van der Waals surface area contributed by atoms with Gasteiger partial charge >= 0.3 is 0 Å². The molecule has 1 N–H and O–H groups in total. The summed E-state index contributed by atoms with van der Waals surface area (Å²) in [5.41, 5.74) is 2.19. The molecule has 106 valence electrons. The Labute approximate surface area is 116 Å². The fourth-order valence-electron chi connectivity index (χ4n) is 1.94. The van der Waals surface area contributed by atoms with Gasteiger partial charge in [0.1, 0.15) is 18.5 Å². The van der Waals surface area contributed by atoms with E-state index in [1.54, 1.807) is 0 Å². The van der Waals surface area contributed by atoms with E-state index in [0.717, 1.165) is 30.0 Å². The number of aliphatic hydroxyl groups excluding tert-OH is 1. The number of aryl methyl sites for hydroxylation is 1. The van der Waals surface area contributed by atoms with Gasteiger partial charge in [0.05, 0.1) is 0 Å². The molecule has 1 aromatic rings. The number of likely N-dealkylation sites (N-methyl/N-ethyl adjacent to an activating group) is 1. The molecule has 1 atom stereocenters. The average molecular weight is 263 g/mol. The Morgan fingerprint density at radius 3 is 2.68 bits per heavy atom. The molecule has 1 rings (SSSR count). The summed E-state index contributed by atoms with van der Waals surface area (Å²) in [6.45, 7) is 12.6. The quantitative estimate of drug-likeness (QED) is 0.732. The van der Waals surface area contributed by atoms with E-state index in [9.17, 15) is 5.11 Å². The molecule has 0 aromatic heterocycles. The molecule has 0 radical (unpaired) electrons. The number of rotatable bonds is 8. The first-order valence-corrected chi connectivity index (χ1v) is 6.76. The molecule has 0 heterocycles. The first-order chi connectivity index (χ1) is 9.02. The van der Waals surface area contributed by atoms with Crippen molar-refractivity contribution in [1.29, 1.82) is 0 Å². The zero-order valence-corrected chi connectivity index (χ0v) is 12.2. The molecule has 0 aliphatic carbocycles. The fourth-order valence-corrected chi connectivity index (χ4v) is 1.94. The molecule has 19 heavy (non-hydrogen) atoms. The second-order valence-corrected chi connectivity index (χ2v) is 5.02. The summed E-state index contributed by atoms with van der Waals surface area (Å²) in [6.07, 6.45) is -0.487. The van der Waals surface area contributed by atoms with Gasteiger partial charge in [-0.05, 0) is 32.0 Å². The van der Waals surface area contributed by atoms with E-state index in [1.165, 1.54) is 0 Å². The molecule has 0 spiro atoms. The maximum Gasteiger partial charge on any atom is 0.122 e. The summed E-state index contributed by atoms with van der Waals surface area (Å²) >= 11 is 0. The predicted molar refractivity (Wildman–Crippen MR) is 79.6 cm³/mol. The van der Waals surface area contributed by atoms with Crippen LogP contribution in [0.15, 0.2) is 36.4 Å². The molecule has 0 aliphatic rings. The van der Waals surface area contributed by atoms with Crippen molar-refractivity contribution in [3.8, 4) is 5.75 Å². The third-order valence-corrected chi connectivity index (χ3v) is 2.93. The second-order valence-electron chi connectivity index (χ2n) is 5.02. The highest BCUT2D eigenvalue weighted by molar-refractivity contribution is 5.31. The summed E-state index contributed by atoms with van der Waals surface area (Å²) in [4.78, 5) is 2.16. The summed E-state index contributed by atoms with van der Waals surface area (Å²) in [6, 6.07) is 7.84. The Hall–Kier alpha value is -1.32. The van der Waals surface area contributed by atoms with Crippen molar-refractivity contribution in [1.82, 2.24) is 4.90 Å². The predicted octanol–water partition coefficient (Wildman–Crippen LogP) is 2.63. The number of benzene rings is 1. The van der Waals surface area contributed by atoms with Crippen LogP contribution < -0.4 is 4.74 Å². The van der Waals surface area contributed by atoms with Gasteiger partial charge in [-0.1, -0.05) is 37.3 Å². The van der Waals surface area contributed by atoms with Crippen molar-refractivity contribution < 1.29 is 9.84 Å². The van der Waals surface area contributed by atoms with Crippen LogP contribution in [0.5, 0.6) is 5.75 Å². The zero-order chi connectivity index (χ0) is 14.3. The van der Waals surface area contributed by atoms with Gasteiger partial charge < -0.3 is 9.84 Å². The first kappa shape index (κ1) is 15.7. The summed E-state index contributed by atoms with van der Waals surface area (Å²) in [7, 11) is 0. The third kappa shape index (κ3) is 5.90. The minimum Gasteiger partial charge on any atom is -0.491 e. The fraction of sp³-hybridized carbons (Fsp3) is 0.500. The molecular formula is C16H25NO2. The molecule has 3 heteroatoms. The van der Waals surface area contributed by atoms with Gasteiger partial charge in [-0.15, -0.1) is 0 Å².